The first-order valence-electron chi connectivity index (χ1n) is 8.04. The highest BCUT2D eigenvalue weighted by Crippen LogP contribution is 2.12. The summed E-state index contributed by atoms with van der Waals surface area (Å²) in [5.41, 5.74) is 0.963. The van der Waals surface area contributed by atoms with Gasteiger partial charge in [0, 0.05) is 37.6 Å². The number of amides is 2. The molecule has 7 heteroatoms. The third-order valence-corrected chi connectivity index (χ3v) is 4.32. The van der Waals surface area contributed by atoms with E-state index >= 15 is 0 Å². The average Bonchev–Trinajstić information content (AvgIpc) is 2.57. The van der Waals surface area contributed by atoms with Gasteiger partial charge in [0.25, 0.3) is 0 Å². The standard InChI is InChI=1S/C17H24ClN3O2.ClH/c1-19-8-2-3-16(22)20-9-11-21(12-10-20)17(23)13-14-4-6-15(18)7-5-14;/h4-7,19H,2-3,8-13H2,1H3;1H. The maximum absolute atomic E-state index is 12.3. The molecule has 1 heterocycles. The molecule has 1 aliphatic rings. The van der Waals surface area contributed by atoms with Gasteiger partial charge in [0.1, 0.15) is 0 Å². The lowest BCUT2D eigenvalue weighted by Crippen LogP contribution is -2.51. The Hall–Kier alpha value is -1.30. The lowest BCUT2D eigenvalue weighted by molar-refractivity contribution is -0.139. The number of carbonyl (C=O) groups excluding carboxylic acids is 2. The monoisotopic (exact) mass is 373 g/mol. The molecule has 0 saturated carbocycles. The molecule has 1 aromatic rings. The van der Waals surface area contributed by atoms with Crippen molar-refractivity contribution in [2.45, 2.75) is 19.3 Å². The third-order valence-electron chi connectivity index (χ3n) is 4.07. The van der Waals surface area contributed by atoms with Crippen LogP contribution in [0.2, 0.25) is 5.02 Å². The molecule has 1 saturated heterocycles. The lowest BCUT2D eigenvalue weighted by atomic mass is 10.1. The van der Waals surface area contributed by atoms with Gasteiger partial charge < -0.3 is 15.1 Å². The van der Waals surface area contributed by atoms with Gasteiger partial charge in [-0.25, -0.2) is 0 Å². The van der Waals surface area contributed by atoms with Crippen molar-refractivity contribution in [1.29, 1.82) is 0 Å². The molecule has 1 aliphatic heterocycles. The summed E-state index contributed by atoms with van der Waals surface area (Å²) in [6, 6.07) is 7.35. The predicted octanol–water partition coefficient (Wildman–Crippen LogP) is 1.97. The van der Waals surface area contributed by atoms with Gasteiger partial charge in [-0.2, -0.15) is 0 Å². The lowest BCUT2D eigenvalue weighted by Gasteiger charge is -2.35. The number of halogens is 2. The smallest absolute Gasteiger partial charge is 0.227 e. The number of rotatable bonds is 6. The Balaban J connectivity index is 0.00000288. The molecule has 0 radical (unpaired) electrons. The second-order valence-corrected chi connectivity index (χ2v) is 6.21. The van der Waals surface area contributed by atoms with Crippen LogP contribution in [-0.4, -0.2) is 61.4 Å². The molecule has 0 atom stereocenters. The third kappa shape index (κ3) is 6.30. The van der Waals surface area contributed by atoms with Crippen LogP contribution in [0, 0.1) is 0 Å². The number of nitrogens with zero attached hydrogens (tertiary/aromatic N) is 2. The second kappa shape index (κ2) is 10.5. The highest BCUT2D eigenvalue weighted by Gasteiger charge is 2.23. The van der Waals surface area contributed by atoms with Crippen LogP contribution in [-0.2, 0) is 16.0 Å². The summed E-state index contributed by atoms with van der Waals surface area (Å²) >= 11 is 5.85. The van der Waals surface area contributed by atoms with Crippen molar-refractivity contribution in [2.24, 2.45) is 0 Å². The fourth-order valence-corrected chi connectivity index (χ4v) is 2.79. The minimum Gasteiger partial charge on any atom is -0.339 e. The van der Waals surface area contributed by atoms with E-state index in [1.807, 2.05) is 29.0 Å². The molecular formula is C17H25Cl2N3O2. The van der Waals surface area contributed by atoms with Gasteiger partial charge in [-0.15, -0.1) is 12.4 Å². The molecule has 1 aromatic carbocycles. The fraction of sp³-hybridized carbons (Fsp3) is 0.529. The highest BCUT2D eigenvalue weighted by atomic mass is 35.5. The Morgan fingerprint density at radius 1 is 1.04 bits per heavy atom. The average molecular weight is 374 g/mol. The molecule has 24 heavy (non-hydrogen) atoms. The first-order chi connectivity index (χ1) is 11.1. The molecule has 134 valence electrons. The molecule has 1 fully saturated rings. The Bertz CT molecular complexity index is 529. The van der Waals surface area contributed by atoms with E-state index in [-0.39, 0.29) is 24.2 Å². The van der Waals surface area contributed by atoms with Gasteiger partial charge >= 0.3 is 0 Å². The normalized spacial score (nSPS) is 14.2. The topological polar surface area (TPSA) is 52.7 Å². The Morgan fingerprint density at radius 2 is 1.58 bits per heavy atom. The number of piperazine rings is 1. The minimum absolute atomic E-state index is 0. The molecule has 5 nitrogen and oxygen atoms in total. The zero-order chi connectivity index (χ0) is 16.7. The Morgan fingerprint density at radius 3 is 2.12 bits per heavy atom. The van der Waals surface area contributed by atoms with Crippen LogP contribution in [0.1, 0.15) is 18.4 Å². The summed E-state index contributed by atoms with van der Waals surface area (Å²) in [5.74, 6) is 0.291. The van der Waals surface area contributed by atoms with E-state index in [9.17, 15) is 9.59 Å². The number of carbonyl (C=O) groups is 2. The molecule has 0 unspecified atom stereocenters. The van der Waals surface area contributed by atoms with Crippen LogP contribution >= 0.6 is 24.0 Å². The molecule has 2 rings (SSSR count). The van der Waals surface area contributed by atoms with Crippen LogP contribution in [0.25, 0.3) is 0 Å². The fourth-order valence-electron chi connectivity index (χ4n) is 2.67. The van der Waals surface area contributed by atoms with Crippen molar-refractivity contribution >= 4 is 35.8 Å². The van der Waals surface area contributed by atoms with E-state index in [1.54, 1.807) is 12.1 Å². The zero-order valence-corrected chi connectivity index (χ0v) is 15.5. The maximum atomic E-state index is 12.3. The van der Waals surface area contributed by atoms with Crippen LogP contribution in [0.3, 0.4) is 0 Å². The first kappa shape index (κ1) is 20.7. The second-order valence-electron chi connectivity index (χ2n) is 5.77. The molecule has 1 N–H and O–H groups in total. The van der Waals surface area contributed by atoms with E-state index in [1.165, 1.54) is 0 Å². The zero-order valence-electron chi connectivity index (χ0n) is 14.0. The van der Waals surface area contributed by atoms with E-state index in [0.717, 1.165) is 18.5 Å². The maximum Gasteiger partial charge on any atom is 0.227 e. The molecule has 0 aliphatic carbocycles. The summed E-state index contributed by atoms with van der Waals surface area (Å²) in [7, 11) is 1.88. The minimum atomic E-state index is 0. The quantitative estimate of drug-likeness (QED) is 0.775. The van der Waals surface area contributed by atoms with Gasteiger partial charge in [0.2, 0.25) is 11.8 Å². The van der Waals surface area contributed by atoms with Gasteiger partial charge in [-0.05, 0) is 37.7 Å². The van der Waals surface area contributed by atoms with Crippen molar-refractivity contribution in [3.05, 3.63) is 34.9 Å². The Kier molecular flexibility index (Phi) is 9.11. The first-order valence-corrected chi connectivity index (χ1v) is 8.42. The number of hydrogen-bond acceptors (Lipinski definition) is 3. The van der Waals surface area contributed by atoms with E-state index in [0.29, 0.717) is 44.0 Å². The van der Waals surface area contributed by atoms with Gasteiger partial charge in [0.15, 0.2) is 0 Å². The molecule has 2 amide bonds. The number of hydrogen-bond donors (Lipinski definition) is 1. The largest absolute Gasteiger partial charge is 0.339 e. The number of benzene rings is 1. The molecule has 0 bridgehead atoms. The summed E-state index contributed by atoms with van der Waals surface area (Å²) in [6.45, 7) is 3.34. The van der Waals surface area contributed by atoms with Crippen molar-refractivity contribution in [3.8, 4) is 0 Å². The van der Waals surface area contributed by atoms with E-state index in [2.05, 4.69) is 5.32 Å². The summed E-state index contributed by atoms with van der Waals surface area (Å²) in [4.78, 5) is 28.1. The van der Waals surface area contributed by atoms with Crippen molar-refractivity contribution in [2.75, 3.05) is 39.8 Å². The Labute approximate surface area is 154 Å². The molecule has 0 aromatic heterocycles. The van der Waals surface area contributed by atoms with Crippen LogP contribution in [0.15, 0.2) is 24.3 Å². The highest BCUT2D eigenvalue weighted by molar-refractivity contribution is 6.30. The van der Waals surface area contributed by atoms with Gasteiger partial charge in [0.05, 0.1) is 6.42 Å². The van der Waals surface area contributed by atoms with Crippen molar-refractivity contribution < 1.29 is 9.59 Å². The molecular weight excluding hydrogens is 349 g/mol. The van der Waals surface area contributed by atoms with Crippen LogP contribution in [0.4, 0.5) is 0 Å². The number of nitrogens with one attached hydrogen (secondary N) is 1. The van der Waals surface area contributed by atoms with Crippen molar-refractivity contribution in [1.82, 2.24) is 15.1 Å². The van der Waals surface area contributed by atoms with Gasteiger partial charge in [-0.3, -0.25) is 9.59 Å². The predicted molar refractivity (Wildman–Crippen MR) is 98.7 cm³/mol. The summed E-state index contributed by atoms with van der Waals surface area (Å²) < 4.78 is 0. The van der Waals surface area contributed by atoms with Crippen molar-refractivity contribution in [3.63, 3.8) is 0 Å². The summed E-state index contributed by atoms with van der Waals surface area (Å²) in [6.07, 6.45) is 1.80. The van der Waals surface area contributed by atoms with E-state index < -0.39 is 0 Å². The molecule has 0 spiro atoms. The summed E-state index contributed by atoms with van der Waals surface area (Å²) in [5, 5.41) is 3.72. The van der Waals surface area contributed by atoms with Crippen LogP contribution in [0.5, 0.6) is 0 Å². The van der Waals surface area contributed by atoms with Crippen LogP contribution < -0.4 is 5.32 Å². The van der Waals surface area contributed by atoms with Gasteiger partial charge in [-0.1, -0.05) is 23.7 Å². The SMILES string of the molecule is CNCCCC(=O)N1CCN(C(=O)Cc2ccc(Cl)cc2)CC1.Cl. The van der Waals surface area contributed by atoms with E-state index in [4.69, 9.17) is 11.6 Å².